The Morgan fingerprint density at radius 3 is 2.81 bits per heavy atom. The van der Waals surface area contributed by atoms with Gasteiger partial charge in [0, 0.05) is 18.2 Å². The van der Waals surface area contributed by atoms with Gasteiger partial charge in [-0.25, -0.2) is 0 Å². The van der Waals surface area contributed by atoms with Crippen LogP contribution in [-0.2, 0) is 0 Å². The van der Waals surface area contributed by atoms with Gasteiger partial charge in [0.25, 0.3) is 0 Å². The molecule has 0 aromatic carbocycles. The van der Waals surface area contributed by atoms with Crippen LogP contribution in [0.25, 0.3) is 0 Å². The van der Waals surface area contributed by atoms with E-state index in [9.17, 15) is 0 Å². The molecule has 0 aliphatic carbocycles. The van der Waals surface area contributed by atoms with Crippen LogP contribution in [0.15, 0.2) is 16.4 Å². The maximum atomic E-state index is 4.89. The molecule has 0 spiro atoms. The zero-order valence-electron chi connectivity index (χ0n) is 14.7. The largest absolute Gasteiger partial charge is 0.291 e. The van der Waals surface area contributed by atoms with Crippen molar-refractivity contribution in [3.8, 4) is 0 Å². The van der Waals surface area contributed by atoms with E-state index >= 15 is 0 Å². The van der Waals surface area contributed by atoms with Gasteiger partial charge in [-0.1, -0.05) is 51.4 Å². The molecule has 1 nitrogen and oxygen atoms in total. The molecule has 0 saturated carbocycles. The van der Waals surface area contributed by atoms with Crippen LogP contribution >= 0.6 is 9.24 Å². The molecule has 0 bridgehead atoms. The van der Waals surface area contributed by atoms with Gasteiger partial charge in [-0.3, -0.25) is 4.99 Å². The molecule has 1 aliphatic rings. The van der Waals surface area contributed by atoms with Crippen molar-refractivity contribution in [2.45, 2.75) is 91.5 Å². The molecule has 0 aromatic rings. The quantitative estimate of drug-likeness (QED) is 0.460. The lowest BCUT2D eigenvalue weighted by atomic mass is 9.90. The number of hydrogen-bond donors (Lipinski definition) is 0. The van der Waals surface area contributed by atoms with Gasteiger partial charge in [0.1, 0.15) is 0 Å². The molecule has 122 valence electrons. The van der Waals surface area contributed by atoms with E-state index in [1.54, 1.807) is 0 Å². The molecule has 0 aromatic heterocycles. The molecule has 21 heavy (non-hydrogen) atoms. The van der Waals surface area contributed by atoms with Crippen LogP contribution in [0.3, 0.4) is 0 Å². The highest BCUT2D eigenvalue weighted by molar-refractivity contribution is 7.22. The Kier molecular flexibility index (Phi) is 9.49. The molecular weight excluding hydrogens is 273 g/mol. The Labute approximate surface area is 135 Å². The van der Waals surface area contributed by atoms with Gasteiger partial charge in [0.05, 0.1) is 0 Å². The second-order valence-corrected chi connectivity index (χ2v) is 7.60. The van der Waals surface area contributed by atoms with Gasteiger partial charge < -0.3 is 0 Å². The van der Waals surface area contributed by atoms with Crippen molar-refractivity contribution in [2.24, 2.45) is 16.8 Å². The summed E-state index contributed by atoms with van der Waals surface area (Å²) in [6, 6.07) is 0.537. The maximum Gasteiger partial charge on any atom is 0.0471 e. The van der Waals surface area contributed by atoms with E-state index in [1.807, 2.05) is 0 Å². The Morgan fingerprint density at radius 2 is 2.14 bits per heavy atom. The SMILES string of the molecule is CCCC(C)CC(CC)/C(P)=C/CC1=NC(C)CCCC1. The Bertz CT molecular complexity index is 345. The van der Waals surface area contributed by atoms with Crippen molar-refractivity contribution in [2.75, 3.05) is 0 Å². The van der Waals surface area contributed by atoms with Gasteiger partial charge in [-0.05, 0) is 50.9 Å². The Balaban J connectivity index is 2.56. The number of nitrogens with zero attached hydrogens (tertiary/aromatic N) is 1. The Hall–Kier alpha value is -0.160. The minimum Gasteiger partial charge on any atom is -0.291 e. The second kappa shape index (κ2) is 10.5. The highest BCUT2D eigenvalue weighted by atomic mass is 31.0. The summed E-state index contributed by atoms with van der Waals surface area (Å²) in [5.74, 6) is 1.58. The van der Waals surface area contributed by atoms with E-state index in [0.29, 0.717) is 6.04 Å². The number of allylic oxidation sites excluding steroid dienone is 2. The van der Waals surface area contributed by atoms with Crippen molar-refractivity contribution in [3.63, 3.8) is 0 Å². The normalized spacial score (nSPS) is 23.4. The van der Waals surface area contributed by atoms with Gasteiger partial charge >= 0.3 is 0 Å². The van der Waals surface area contributed by atoms with Crippen LogP contribution in [0.5, 0.6) is 0 Å². The van der Waals surface area contributed by atoms with Crippen LogP contribution in [0.2, 0.25) is 0 Å². The van der Waals surface area contributed by atoms with Gasteiger partial charge in [-0.2, -0.15) is 0 Å². The first kappa shape index (κ1) is 18.9. The molecule has 1 heterocycles. The number of rotatable bonds is 8. The van der Waals surface area contributed by atoms with Crippen LogP contribution in [-0.4, -0.2) is 11.8 Å². The van der Waals surface area contributed by atoms with Crippen LogP contribution in [0.1, 0.15) is 85.5 Å². The van der Waals surface area contributed by atoms with Crippen molar-refractivity contribution in [1.29, 1.82) is 0 Å². The van der Waals surface area contributed by atoms with Crippen molar-refractivity contribution in [1.82, 2.24) is 0 Å². The average Bonchev–Trinajstić information content (AvgIpc) is 2.66. The molecule has 0 radical (unpaired) electrons. The minimum absolute atomic E-state index is 0.537. The molecule has 4 atom stereocenters. The molecule has 0 saturated heterocycles. The van der Waals surface area contributed by atoms with Crippen molar-refractivity contribution < 1.29 is 0 Å². The average molecular weight is 309 g/mol. The van der Waals surface area contributed by atoms with Crippen LogP contribution < -0.4 is 0 Å². The van der Waals surface area contributed by atoms with Crippen LogP contribution in [0.4, 0.5) is 0 Å². The smallest absolute Gasteiger partial charge is 0.0471 e. The summed E-state index contributed by atoms with van der Waals surface area (Å²) in [7, 11) is 3.01. The summed E-state index contributed by atoms with van der Waals surface area (Å²) < 4.78 is 0. The van der Waals surface area contributed by atoms with E-state index in [1.165, 1.54) is 62.4 Å². The van der Waals surface area contributed by atoms with E-state index in [-0.39, 0.29) is 0 Å². The number of aliphatic imine (C=N–C) groups is 1. The first-order valence-electron chi connectivity index (χ1n) is 9.07. The predicted molar refractivity (Wildman–Crippen MR) is 100 cm³/mol. The minimum atomic E-state index is 0.537. The molecule has 0 amide bonds. The summed E-state index contributed by atoms with van der Waals surface area (Å²) in [6.45, 7) is 9.28. The Morgan fingerprint density at radius 1 is 1.38 bits per heavy atom. The lowest BCUT2D eigenvalue weighted by molar-refractivity contribution is 0.407. The number of hydrogen-bond acceptors (Lipinski definition) is 1. The molecule has 4 unspecified atom stereocenters. The predicted octanol–water partition coefficient (Wildman–Crippen LogP) is 6.39. The molecule has 2 heteroatoms. The van der Waals surface area contributed by atoms with E-state index < -0.39 is 0 Å². The summed E-state index contributed by atoms with van der Waals surface area (Å²) in [4.78, 5) is 4.89. The van der Waals surface area contributed by atoms with Gasteiger partial charge in [0.15, 0.2) is 0 Å². The fraction of sp³-hybridized carbons (Fsp3) is 0.842. The van der Waals surface area contributed by atoms with E-state index in [2.05, 4.69) is 43.0 Å². The van der Waals surface area contributed by atoms with Crippen molar-refractivity contribution >= 4 is 15.0 Å². The lowest BCUT2D eigenvalue weighted by Gasteiger charge is -2.20. The molecule has 0 N–H and O–H groups in total. The van der Waals surface area contributed by atoms with Gasteiger partial charge in [0.2, 0.25) is 0 Å². The third-order valence-electron chi connectivity index (χ3n) is 4.75. The molecule has 0 fully saturated rings. The molecule has 1 rings (SSSR count). The highest BCUT2D eigenvalue weighted by Gasteiger charge is 2.14. The topological polar surface area (TPSA) is 12.4 Å². The first-order chi connectivity index (χ1) is 10.1. The summed E-state index contributed by atoms with van der Waals surface area (Å²) in [5.41, 5.74) is 1.43. The van der Waals surface area contributed by atoms with E-state index in [4.69, 9.17) is 4.99 Å². The molecule has 1 aliphatic heterocycles. The summed E-state index contributed by atoms with van der Waals surface area (Å²) in [6.07, 6.45) is 13.9. The van der Waals surface area contributed by atoms with E-state index in [0.717, 1.165) is 18.3 Å². The standard InChI is InChI=1S/C19H36NP/c1-5-9-15(3)14-17(6-2)19(21)13-12-18-11-8-7-10-16(4)20-18/h13,15-17H,5-12,14,21H2,1-4H3/b19-13-. The fourth-order valence-corrected chi connectivity index (χ4v) is 3.89. The zero-order chi connectivity index (χ0) is 15.7. The van der Waals surface area contributed by atoms with Crippen molar-refractivity contribution in [3.05, 3.63) is 11.4 Å². The maximum absolute atomic E-state index is 4.89. The monoisotopic (exact) mass is 309 g/mol. The fourth-order valence-electron chi connectivity index (χ4n) is 3.40. The van der Waals surface area contributed by atoms with Gasteiger partial charge in [-0.15, -0.1) is 9.24 Å². The zero-order valence-corrected chi connectivity index (χ0v) is 15.9. The molecular formula is C19H36NP. The first-order valence-corrected chi connectivity index (χ1v) is 9.65. The summed E-state index contributed by atoms with van der Waals surface area (Å²) >= 11 is 0. The van der Waals surface area contributed by atoms with Crippen LogP contribution in [0, 0.1) is 11.8 Å². The lowest BCUT2D eigenvalue weighted by Crippen LogP contribution is -2.07. The summed E-state index contributed by atoms with van der Waals surface area (Å²) in [5, 5.41) is 1.51. The highest BCUT2D eigenvalue weighted by Crippen LogP contribution is 2.30. The third-order valence-corrected chi connectivity index (χ3v) is 5.45. The second-order valence-electron chi connectivity index (χ2n) is 6.93. The third kappa shape index (κ3) is 7.59.